The molecule has 1 fully saturated rings. The number of likely N-dealkylation sites (tertiary alicyclic amines) is 1. The Bertz CT molecular complexity index is 701. The lowest BCUT2D eigenvalue weighted by Gasteiger charge is -2.20. The topological polar surface area (TPSA) is 79.5 Å². The smallest absolute Gasteiger partial charge is 0.308 e. The molecule has 6 nitrogen and oxygen atoms in total. The Morgan fingerprint density at radius 1 is 1.39 bits per heavy atom. The highest BCUT2D eigenvalue weighted by Gasteiger charge is 2.38. The maximum absolute atomic E-state index is 11.2. The summed E-state index contributed by atoms with van der Waals surface area (Å²) < 4.78 is 5.37. The van der Waals surface area contributed by atoms with Gasteiger partial charge in [-0.3, -0.25) is 9.69 Å². The molecule has 1 saturated heterocycles. The summed E-state index contributed by atoms with van der Waals surface area (Å²) in [7, 11) is 0. The third-order valence-electron chi connectivity index (χ3n) is 4.41. The number of rotatable bonds is 4. The Labute approximate surface area is 139 Å². The van der Waals surface area contributed by atoms with Crippen LogP contribution in [0.3, 0.4) is 0 Å². The number of nitrogens with zero attached hydrogens (tertiary/aromatic N) is 3. The second kappa shape index (κ2) is 6.29. The molecule has 0 radical (unpaired) electrons. The van der Waals surface area contributed by atoms with Gasteiger partial charge in [0.25, 0.3) is 0 Å². The Balaban J connectivity index is 1.75. The molecule has 3 atom stereocenters. The Kier molecular flexibility index (Phi) is 4.37. The molecular formula is C16H18ClN3O3. The molecule has 1 aliphatic rings. The predicted octanol–water partition coefficient (Wildman–Crippen LogP) is 3.10. The van der Waals surface area contributed by atoms with Gasteiger partial charge in [0, 0.05) is 23.7 Å². The number of hydrogen-bond donors (Lipinski definition) is 1. The van der Waals surface area contributed by atoms with E-state index >= 15 is 0 Å². The monoisotopic (exact) mass is 335 g/mol. The number of benzene rings is 1. The molecule has 1 aliphatic heterocycles. The van der Waals surface area contributed by atoms with Crippen molar-refractivity contribution in [2.45, 2.75) is 19.9 Å². The van der Waals surface area contributed by atoms with Gasteiger partial charge in [0.05, 0.1) is 12.0 Å². The average molecular weight is 336 g/mol. The first kappa shape index (κ1) is 16.0. The van der Waals surface area contributed by atoms with E-state index in [2.05, 4.69) is 15.0 Å². The van der Waals surface area contributed by atoms with Gasteiger partial charge >= 0.3 is 5.97 Å². The van der Waals surface area contributed by atoms with E-state index in [-0.39, 0.29) is 17.9 Å². The molecule has 0 spiro atoms. The van der Waals surface area contributed by atoms with Gasteiger partial charge in [0.1, 0.15) is 0 Å². The van der Waals surface area contributed by atoms with E-state index in [9.17, 15) is 9.90 Å². The van der Waals surface area contributed by atoms with Gasteiger partial charge < -0.3 is 9.63 Å². The number of hydrogen-bond acceptors (Lipinski definition) is 5. The minimum absolute atomic E-state index is 0.105. The minimum Gasteiger partial charge on any atom is -0.481 e. The van der Waals surface area contributed by atoms with Gasteiger partial charge in [0.15, 0.2) is 0 Å². The van der Waals surface area contributed by atoms with Gasteiger partial charge in [-0.2, -0.15) is 4.98 Å². The number of carboxylic acids is 1. The van der Waals surface area contributed by atoms with Crippen LogP contribution in [-0.4, -0.2) is 39.2 Å². The van der Waals surface area contributed by atoms with Crippen LogP contribution in [0, 0.1) is 11.8 Å². The van der Waals surface area contributed by atoms with Crippen LogP contribution in [-0.2, 0) is 4.79 Å². The Hall–Kier alpha value is -1.92. The number of carboxylic acid groups (broad SMARTS) is 1. The van der Waals surface area contributed by atoms with Gasteiger partial charge in [-0.15, -0.1) is 0 Å². The largest absolute Gasteiger partial charge is 0.481 e. The van der Waals surface area contributed by atoms with E-state index in [1.165, 1.54) is 0 Å². The second-order valence-corrected chi connectivity index (χ2v) is 6.45. The van der Waals surface area contributed by atoms with Crippen LogP contribution in [0.15, 0.2) is 28.8 Å². The summed E-state index contributed by atoms with van der Waals surface area (Å²) in [5.41, 5.74) is 0.829. The first-order chi connectivity index (χ1) is 11.0. The van der Waals surface area contributed by atoms with Gasteiger partial charge in [-0.05, 0) is 37.1 Å². The zero-order valence-corrected chi connectivity index (χ0v) is 13.7. The summed E-state index contributed by atoms with van der Waals surface area (Å²) in [6.45, 7) is 5.11. The fourth-order valence-corrected chi connectivity index (χ4v) is 3.05. The van der Waals surface area contributed by atoms with Gasteiger partial charge in [0.2, 0.25) is 11.7 Å². The lowest BCUT2D eigenvalue weighted by Crippen LogP contribution is -2.26. The predicted molar refractivity (Wildman–Crippen MR) is 85.0 cm³/mol. The van der Waals surface area contributed by atoms with Crippen LogP contribution < -0.4 is 0 Å². The van der Waals surface area contributed by atoms with Crippen molar-refractivity contribution in [1.82, 2.24) is 15.0 Å². The molecule has 2 heterocycles. The highest BCUT2D eigenvalue weighted by atomic mass is 35.5. The zero-order chi connectivity index (χ0) is 16.6. The van der Waals surface area contributed by atoms with Crippen molar-refractivity contribution >= 4 is 17.6 Å². The molecule has 1 aromatic heterocycles. The van der Waals surface area contributed by atoms with Crippen LogP contribution in [0.4, 0.5) is 0 Å². The first-order valence-corrected chi connectivity index (χ1v) is 7.90. The van der Waals surface area contributed by atoms with E-state index < -0.39 is 5.97 Å². The molecule has 23 heavy (non-hydrogen) atoms. The van der Waals surface area contributed by atoms with Crippen LogP contribution in [0.2, 0.25) is 5.02 Å². The molecule has 1 aromatic carbocycles. The first-order valence-electron chi connectivity index (χ1n) is 7.52. The van der Waals surface area contributed by atoms with Crippen LogP contribution in [0.25, 0.3) is 11.4 Å². The Morgan fingerprint density at radius 3 is 2.70 bits per heavy atom. The van der Waals surface area contributed by atoms with E-state index in [0.29, 0.717) is 29.8 Å². The fourth-order valence-electron chi connectivity index (χ4n) is 2.92. The van der Waals surface area contributed by atoms with Crippen molar-refractivity contribution in [2.24, 2.45) is 11.8 Å². The molecule has 1 unspecified atom stereocenters. The van der Waals surface area contributed by atoms with Crippen molar-refractivity contribution in [1.29, 1.82) is 0 Å². The van der Waals surface area contributed by atoms with Crippen molar-refractivity contribution in [3.63, 3.8) is 0 Å². The number of aromatic nitrogens is 2. The van der Waals surface area contributed by atoms with Crippen LogP contribution in [0.1, 0.15) is 25.8 Å². The zero-order valence-electron chi connectivity index (χ0n) is 12.9. The molecule has 1 N–H and O–H groups in total. The third kappa shape index (κ3) is 3.23. The Morgan fingerprint density at radius 2 is 2.09 bits per heavy atom. The van der Waals surface area contributed by atoms with Crippen molar-refractivity contribution < 1.29 is 14.4 Å². The standard InChI is InChI=1S/C16H18ClN3O3/c1-9-7-20(8-13(9)16(21)22)10(2)15-18-14(19-23-15)11-3-5-12(17)6-4-11/h3-6,9-10,13H,7-8H2,1-2H3,(H,21,22)/t9-,10?,13-/m1/s1. The molecule has 0 aliphatic carbocycles. The van der Waals surface area contributed by atoms with E-state index in [0.717, 1.165) is 5.56 Å². The summed E-state index contributed by atoms with van der Waals surface area (Å²) in [6.07, 6.45) is 0. The lowest BCUT2D eigenvalue weighted by molar-refractivity contribution is -0.142. The summed E-state index contributed by atoms with van der Waals surface area (Å²) in [6, 6.07) is 7.10. The van der Waals surface area contributed by atoms with Crippen molar-refractivity contribution in [3.05, 3.63) is 35.2 Å². The summed E-state index contributed by atoms with van der Waals surface area (Å²) in [5, 5.41) is 13.9. The average Bonchev–Trinajstić information content (AvgIpc) is 3.14. The minimum atomic E-state index is -0.750. The molecule has 0 bridgehead atoms. The lowest BCUT2D eigenvalue weighted by atomic mass is 9.99. The third-order valence-corrected chi connectivity index (χ3v) is 4.66. The molecular weight excluding hydrogens is 318 g/mol. The quantitative estimate of drug-likeness (QED) is 0.924. The van der Waals surface area contributed by atoms with Crippen molar-refractivity contribution in [3.8, 4) is 11.4 Å². The van der Waals surface area contributed by atoms with E-state index in [1.807, 2.05) is 26.0 Å². The number of carbonyl (C=O) groups is 1. The fraction of sp³-hybridized carbons (Fsp3) is 0.438. The molecule has 122 valence electrons. The number of aliphatic carboxylic acids is 1. The van der Waals surface area contributed by atoms with Gasteiger partial charge in [-0.25, -0.2) is 0 Å². The van der Waals surface area contributed by atoms with Gasteiger partial charge in [-0.1, -0.05) is 23.7 Å². The van der Waals surface area contributed by atoms with Crippen LogP contribution >= 0.6 is 11.6 Å². The van der Waals surface area contributed by atoms with Crippen molar-refractivity contribution in [2.75, 3.05) is 13.1 Å². The molecule has 3 rings (SSSR count). The second-order valence-electron chi connectivity index (χ2n) is 6.02. The molecule has 0 saturated carbocycles. The maximum Gasteiger partial charge on any atom is 0.308 e. The SMILES string of the molecule is CC(c1nc(-c2ccc(Cl)cc2)no1)N1C[C@@H](C)[C@H](C(=O)O)C1. The van der Waals surface area contributed by atoms with Crippen LogP contribution in [0.5, 0.6) is 0 Å². The molecule has 0 amide bonds. The number of halogens is 1. The summed E-state index contributed by atoms with van der Waals surface area (Å²) in [4.78, 5) is 17.8. The van der Waals surface area contributed by atoms with E-state index in [1.54, 1.807) is 12.1 Å². The van der Waals surface area contributed by atoms with E-state index in [4.69, 9.17) is 16.1 Å². The highest BCUT2D eigenvalue weighted by Crippen LogP contribution is 2.31. The maximum atomic E-state index is 11.2. The summed E-state index contributed by atoms with van der Waals surface area (Å²) >= 11 is 5.87. The molecule has 2 aromatic rings. The normalized spacial score (nSPS) is 23.1. The summed E-state index contributed by atoms with van der Waals surface area (Å²) in [5.74, 6) is 0.00281. The molecule has 7 heteroatoms. The highest BCUT2D eigenvalue weighted by molar-refractivity contribution is 6.30.